The Morgan fingerprint density at radius 3 is 2.25 bits per heavy atom. The van der Waals surface area contributed by atoms with Crippen LogP contribution in [0.4, 0.5) is 0 Å². The van der Waals surface area contributed by atoms with Crippen molar-refractivity contribution < 1.29 is 30.3 Å². The highest BCUT2D eigenvalue weighted by Gasteiger charge is 2.20. The average Bonchev–Trinajstić information content (AvgIpc) is 2.22. The highest BCUT2D eigenvalue weighted by molar-refractivity contribution is 5.74. The van der Waals surface area contributed by atoms with Gasteiger partial charge in [0.15, 0.2) is 11.5 Å². The van der Waals surface area contributed by atoms with Gasteiger partial charge in [-0.15, -0.1) is 0 Å². The summed E-state index contributed by atoms with van der Waals surface area (Å²) in [4.78, 5) is 10.5. The SMILES string of the molecule is N[C@@H](Cc1cc(O)c(O)c(O)c1O)C(=O)O. The third kappa shape index (κ3) is 2.09. The Labute approximate surface area is 90.0 Å². The zero-order valence-electron chi connectivity index (χ0n) is 8.08. The van der Waals surface area contributed by atoms with Crippen LogP contribution in [0, 0.1) is 0 Å². The van der Waals surface area contributed by atoms with E-state index < -0.39 is 35.0 Å². The highest BCUT2D eigenvalue weighted by Crippen LogP contribution is 2.44. The molecular weight excluding hydrogens is 218 g/mol. The first-order valence-corrected chi connectivity index (χ1v) is 4.28. The summed E-state index contributed by atoms with van der Waals surface area (Å²) in [6.07, 6.45) is -0.289. The van der Waals surface area contributed by atoms with Crippen molar-refractivity contribution in [2.24, 2.45) is 5.73 Å². The minimum absolute atomic E-state index is 0.0669. The normalized spacial score (nSPS) is 12.3. The Kier molecular flexibility index (Phi) is 3.09. The minimum Gasteiger partial charge on any atom is -0.504 e. The van der Waals surface area contributed by atoms with Gasteiger partial charge in [-0.25, -0.2) is 0 Å². The van der Waals surface area contributed by atoms with Crippen molar-refractivity contribution in [3.8, 4) is 23.0 Å². The van der Waals surface area contributed by atoms with Crippen LogP contribution >= 0.6 is 0 Å². The van der Waals surface area contributed by atoms with E-state index in [0.29, 0.717) is 0 Å². The molecule has 1 aromatic carbocycles. The number of carbonyl (C=O) groups is 1. The minimum atomic E-state index is -1.29. The number of carboxylic acids is 1. The van der Waals surface area contributed by atoms with Crippen LogP contribution in [0.5, 0.6) is 23.0 Å². The summed E-state index contributed by atoms with van der Waals surface area (Å²) in [5.74, 6) is -4.43. The monoisotopic (exact) mass is 229 g/mol. The van der Waals surface area contributed by atoms with Gasteiger partial charge in [0.25, 0.3) is 0 Å². The Balaban J connectivity index is 3.11. The maximum absolute atomic E-state index is 10.5. The second kappa shape index (κ2) is 4.15. The topological polar surface area (TPSA) is 144 Å². The van der Waals surface area contributed by atoms with E-state index in [1.54, 1.807) is 0 Å². The second-order valence-electron chi connectivity index (χ2n) is 3.25. The number of benzene rings is 1. The predicted molar refractivity (Wildman–Crippen MR) is 52.4 cm³/mol. The predicted octanol–water partition coefficient (Wildman–Crippen LogP) is -0.537. The van der Waals surface area contributed by atoms with Gasteiger partial charge in [0.05, 0.1) is 0 Å². The van der Waals surface area contributed by atoms with Gasteiger partial charge in [-0.05, 0) is 6.07 Å². The van der Waals surface area contributed by atoms with Crippen molar-refractivity contribution in [3.63, 3.8) is 0 Å². The molecule has 0 aliphatic rings. The first-order valence-electron chi connectivity index (χ1n) is 4.28. The fourth-order valence-corrected chi connectivity index (χ4v) is 1.17. The maximum Gasteiger partial charge on any atom is 0.320 e. The summed E-state index contributed by atoms with van der Waals surface area (Å²) in [6, 6.07) is -0.345. The van der Waals surface area contributed by atoms with Crippen molar-refractivity contribution >= 4 is 5.97 Å². The summed E-state index contributed by atoms with van der Waals surface area (Å²) in [5, 5.41) is 45.3. The molecule has 0 saturated heterocycles. The van der Waals surface area contributed by atoms with Crippen LogP contribution in [0.2, 0.25) is 0 Å². The molecule has 0 aliphatic heterocycles. The number of aromatic hydroxyl groups is 4. The van der Waals surface area contributed by atoms with Gasteiger partial charge in [0.1, 0.15) is 6.04 Å². The molecule has 0 bridgehead atoms. The molecule has 1 atom stereocenters. The number of hydrogen-bond donors (Lipinski definition) is 6. The van der Waals surface area contributed by atoms with E-state index in [9.17, 15) is 15.0 Å². The molecule has 0 aromatic heterocycles. The molecule has 0 amide bonds. The third-order valence-electron chi connectivity index (χ3n) is 2.06. The lowest BCUT2D eigenvalue weighted by atomic mass is 10.0. The summed E-state index contributed by atoms with van der Waals surface area (Å²) >= 11 is 0. The number of nitrogens with two attached hydrogens (primary N) is 1. The number of phenolic OH excluding ortho intramolecular Hbond substituents is 4. The molecule has 0 aliphatic carbocycles. The number of hydrogen-bond acceptors (Lipinski definition) is 6. The summed E-state index contributed by atoms with van der Waals surface area (Å²) in [7, 11) is 0. The molecule has 0 spiro atoms. The first-order chi connectivity index (χ1) is 7.34. The van der Waals surface area contributed by atoms with E-state index >= 15 is 0 Å². The molecule has 7 N–H and O–H groups in total. The van der Waals surface area contributed by atoms with Crippen LogP contribution in [0.25, 0.3) is 0 Å². The quantitative estimate of drug-likeness (QED) is 0.301. The largest absolute Gasteiger partial charge is 0.504 e. The number of rotatable bonds is 3. The number of phenols is 4. The molecule has 0 radical (unpaired) electrons. The van der Waals surface area contributed by atoms with Crippen molar-refractivity contribution in [1.29, 1.82) is 0 Å². The summed E-state index contributed by atoms with van der Waals surface area (Å²) < 4.78 is 0. The zero-order valence-corrected chi connectivity index (χ0v) is 8.08. The Morgan fingerprint density at radius 2 is 1.75 bits per heavy atom. The molecule has 7 heteroatoms. The van der Waals surface area contributed by atoms with Crippen LogP contribution in [-0.4, -0.2) is 37.5 Å². The van der Waals surface area contributed by atoms with Gasteiger partial charge in [-0.3, -0.25) is 4.79 Å². The fourth-order valence-electron chi connectivity index (χ4n) is 1.17. The highest BCUT2D eigenvalue weighted by atomic mass is 16.4. The van der Waals surface area contributed by atoms with E-state index in [1.807, 2.05) is 0 Å². The van der Waals surface area contributed by atoms with Gasteiger partial charge in [-0.1, -0.05) is 0 Å². The van der Waals surface area contributed by atoms with Gasteiger partial charge < -0.3 is 31.3 Å². The van der Waals surface area contributed by atoms with Crippen LogP contribution in [0.15, 0.2) is 6.07 Å². The van der Waals surface area contributed by atoms with Gasteiger partial charge in [0, 0.05) is 12.0 Å². The van der Waals surface area contributed by atoms with E-state index in [4.69, 9.17) is 21.1 Å². The van der Waals surface area contributed by atoms with E-state index in [1.165, 1.54) is 0 Å². The van der Waals surface area contributed by atoms with E-state index in [2.05, 4.69) is 0 Å². The molecule has 0 fully saturated rings. The number of carboxylic acid groups (broad SMARTS) is 1. The maximum atomic E-state index is 10.5. The molecule has 0 unspecified atom stereocenters. The van der Waals surface area contributed by atoms with Crippen molar-refractivity contribution in [1.82, 2.24) is 0 Å². The van der Waals surface area contributed by atoms with Crippen molar-refractivity contribution in [2.75, 3.05) is 0 Å². The van der Waals surface area contributed by atoms with E-state index in [-0.39, 0.29) is 12.0 Å². The van der Waals surface area contributed by atoms with E-state index in [0.717, 1.165) is 6.07 Å². The summed E-state index contributed by atoms with van der Waals surface area (Å²) in [6.45, 7) is 0. The van der Waals surface area contributed by atoms with Crippen LogP contribution in [0.1, 0.15) is 5.56 Å². The van der Waals surface area contributed by atoms with Gasteiger partial charge in [0.2, 0.25) is 11.5 Å². The lowest BCUT2D eigenvalue weighted by Gasteiger charge is -2.11. The molecule has 1 rings (SSSR count). The number of aliphatic carboxylic acids is 1. The molecule has 0 saturated carbocycles. The van der Waals surface area contributed by atoms with Crippen LogP contribution in [-0.2, 0) is 11.2 Å². The zero-order chi connectivity index (χ0) is 12.5. The molecule has 16 heavy (non-hydrogen) atoms. The molecular formula is C9H11NO6. The smallest absolute Gasteiger partial charge is 0.320 e. The fraction of sp³-hybridized carbons (Fsp3) is 0.222. The standard InChI is InChI=1S/C9H11NO6/c10-4(9(15)16)1-3-2-5(11)7(13)8(14)6(3)12/h2,4,11-14H,1,10H2,(H,15,16)/t4-/m0/s1. The Bertz CT molecular complexity index is 430. The van der Waals surface area contributed by atoms with Crippen molar-refractivity contribution in [3.05, 3.63) is 11.6 Å². The third-order valence-corrected chi connectivity index (χ3v) is 2.06. The molecule has 88 valence electrons. The Morgan fingerprint density at radius 1 is 1.19 bits per heavy atom. The Hall–Kier alpha value is -2.15. The van der Waals surface area contributed by atoms with Crippen molar-refractivity contribution in [2.45, 2.75) is 12.5 Å². The lowest BCUT2D eigenvalue weighted by molar-refractivity contribution is -0.138. The average molecular weight is 229 g/mol. The summed E-state index contributed by atoms with van der Waals surface area (Å²) in [5.41, 5.74) is 5.15. The van der Waals surface area contributed by atoms with Crippen LogP contribution in [0.3, 0.4) is 0 Å². The molecule has 7 nitrogen and oxygen atoms in total. The lowest BCUT2D eigenvalue weighted by Crippen LogP contribution is -2.32. The second-order valence-corrected chi connectivity index (χ2v) is 3.25. The van der Waals surface area contributed by atoms with Gasteiger partial charge in [-0.2, -0.15) is 0 Å². The first kappa shape index (κ1) is 11.9. The molecule has 1 aromatic rings. The van der Waals surface area contributed by atoms with Crippen LogP contribution < -0.4 is 5.73 Å². The van der Waals surface area contributed by atoms with Gasteiger partial charge >= 0.3 is 5.97 Å². The molecule has 0 heterocycles.